The lowest BCUT2D eigenvalue weighted by Crippen LogP contribution is -2.59. The first-order valence-corrected chi connectivity index (χ1v) is 6.11. The Morgan fingerprint density at radius 2 is 1.80 bits per heavy atom. The standard InChI is InChI=1S/C13H16O7/c14-6-8-9(15)10(16)11(13(18)19-8)20-12(17)7-4-2-1-3-5-7/h1-5,8-11,13-16,18H,6H2/t8?,9-,10-,11?,13+/m0/s1. The molecule has 0 amide bonds. The molecule has 7 nitrogen and oxygen atoms in total. The van der Waals surface area contributed by atoms with Gasteiger partial charge >= 0.3 is 5.97 Å². The number of carbonyl (C=O) groups is 1. The van der Waals surface area contributed by atoms with Gasteiger partial charge in [-0.1, -0.05) is 18.2 Å². The summed E-state index contributed by atoms with van der Waals surface area (Å²) in [5.41, 5.74) is 0.241. The van der Waals surface area contributed by atoms with Crippen LogP contribution in [-0.2, 0) is 9.47 Å². The van der Waals surface area contributed by atoms with E-state index in [1.807, 2.05) is 0 Å². The van der Waals surface area contributed by atoms with Crippen LogP contribution in [0.3, 0.4) is 0 Å². The Hall–Kier alpha value is -1.51. The van der Waals surface area contributed by atoms with Crippen molar-refractivity contribution in [3.8, 4) is 0 Å². The predicted octanol–water partition coefficient (Wildman–Crippen LogP) is -1.36. The van der Waals surface area contributed by atoms with E-state index in [1.165, 1.54) is 12.1 Å². The largest absolute Gasteiger partial charge is 0.450 e. The number of aliphatic hydroxyl groups excluding tert-OH is 4. The molecular formula is C13H16O7. The summed E-state index contributed by atoms with van der Waals surface area (Å²) in [5.74, 6) is -0.757. The smallest absolute Gasteiger partial charge is 0.338 e. The second kappa shape index (κ2) is 6.29. The van der Waals surface area contributed by atoms with E-state index in [4.69, 9.17) is 14.6 Å². The van der Waals surface area contributed by atoms with Gasteiger partial charge in [0.05, 0.1) is 12.2 Å². The van der Waals surface area contributed by atoms with Gasteiger partial charge < -0.3 is 29.9 Å². The van der Waals surface area contributed by atoms with E-state index in [0.29, 0.717) is 0 Å². The molecule has 1 fully saturated rings. The fraction of sp³-hybridized carbons (Fsp3) is 0.462. The fourth-order valence-corrected chi connectivity index (χ4v) is 1.96. The van der Waals surface area contributed by atoms with Crippen LogP contribution < -0.4 is 0 Å². The molecule has 20 heavy (non-hydrogen) atoms. The number of aliphatic hydroxyl groups is 4. The molecule has 0 spiro atoms. The van der Waals surface area contributed by atoms with Crippen molar-refractivity contribution in [1.29, 1.82) is 0 Å². The van der Waals surface area contributed by atoms with E-state index in [1.54, 1.807) is 18.2 Å². The molecule has 0 saturated carbocycles. The zero-order chi connectivity index (χ0) is 14.7. The Labute approximate surface area is 115 Å². The van der Waals surface area contributed by atoms with Crippen LogP contribution in [0.25, 0.3) is 0 Å². The van der Waals surface area contributed by atoms with E-state index >= 15 is 0 Å². The second-order valence-electron chi connectivity index (χ2n) is 4.46. The first kappa shape index (κ1) is 14.9. The molecule has 0 aliphatic carbocycles. The van der Waals surface area contributed by atoms with Crippen LogP contribution in [0.15, 0.2) is 30.3 Å². The molecule has 1 aliphatic heterocycles. The van der Waals surface area contributed by atoms with Gasteiger partial charge in [0, 0.05) is 0 Å². The summed E-state index contributed by atoms with van der Waals surface area (Å²) < 4.78 is 9.85. The monoisotopic (exact) mass is 284 g/mol. The maximum absolute atomic E-state index is 11.8. The summed E-state index contributed by atoms with van der Waals surface area (Å²) in [4.78, 5) is 11.8. The fourth-order valence-electron chi connectivity index (χ4n) is 1.96. The molecule has 0 bridgehead atoms. The number of benzene rings is 1. The molecule has 2 rings (SSSR count). The van der Waals surface area contributed by atoms with Crippen molar-refractivity contribution < 1.29 is 34.7 Å². The molecule has 1 saturated heterocycles. The molecule has 1 aromatic rings. The van der Waals surface area contributed by atoms with Crippen molar-refractivity contribution in [2.45, 2.75) is 30.7 Å². The van der Waals surface area contributed by atoms with Crippen molar-refractivity contribution in [2.24, 2.45) is 0 Å². The van der Waals surface area contributed by atoms with E-state index in [9.17, 15) is 20.1 Å². The summed E-state index contributed by atoms with van der Waals surface area (Å²) in [6.45, 7) is -0.575. The van der Waals surface area contributed by atoms with E-state index in [2.05, 4.69) is 0 Å². The normalized spacial score (nSPS) is 33.7. The zero-order valence-corrected chi connectivity index (χ0v) is 10.5. The van der Waals surface area contributed by atoms with Gasteiger partial charge in [0.1, 0.15) is 18.3 Å². The highest BCUT2D eigenvalue weighted by Crippen LogP contribution is 2.23. The number of ether oxygens (including phenoxy) is 2. The minimum absolute atomic E-state index is 0.241. The highest BCUT2D eigenvalue weighted by atomic mass is 16.7. The lowest BCUT2D eigenvalue weighted by molar-refractivity contribution is -0.285. The number of hydrogen-bond acceptors (Lipinski definition) is 7. The van der Waals surface area contributed by atoms with Crippen LogP contribution in [0.2, 0.25) is 0 Å². The Balaban J connectivity index is 2.07. The molecule has 0 aromatic heterocycles. The number of esters is 1. The maximum atomic E-state index is 11.8. The Morgan fingerprint density at radius 3 is 2.40 bits per heavy atom. The van der Waals surface area contributed by atoms with E-state index in [0.717, 1.165) is 0 Å². The number of hydrogen-bond donors (Lipinski definition) is 4. The molecule has 7 heteroatoms. The van der Waals surface area contributed by atoms with Crippen LogP contribution >= 0.6 is 0 Å². The zero-order valence-electron chi connectivity index (χ0n) is 10.5. The predicted molar refractivity (Wildman–Crippen MR) is 65.6 cm³/mol. The molecular weight excluding hydrogens is 268 g/mol. The van der Waals surface area contributed by atoms with Crippen molar-refractivity contribution in [3.05, 3.63) is 35.9 Å². The summed E-state index contributed by atoms with van der Waals surface area (Å²) in [6.07, 6.45) is -7.20. The summed E-state index contributed by atoms with van der Waals surface area (Å²) in [7, 11) is 0. The topological polar surface area (TPSA) is 116 Å². The van der Waals surface area contributed by atoms with Gasteiger partial charge in [-0.2, -0.15) is 0 Å². The molecule has 5 atom stereocenters. The van der Waals surface area contributed by atoms with E-state index < -0.39 is 43.3 Å². The summed E-state index contributed by atoms with van der Waals surface area (Å²) in [6, 6.07) is 8.02. The first-order valence-electron chi connectivity index (χ1n) is 6.11. The maximum Gasteiger partial charge on any atom is 0.338 e. The van der Waals surface area contributed by atoms with Crippen LogP contribution in [-0.4, -0.2) is 63.7 Å². The molecule has 4 N–H and O–H groups in total. The lowest BCUT2D eigenvalue weighted by atomic mass is 9.99. The second-order valence-corrected chi connectivity index (χ2v) is 4.46. The van der Waals surface area contributed by atoms with Crippen molar-refractivity contribution >= 4 is 5.97 Å². The third-order valence-electron chi connectivity index (χ3n) is 3.10. The molecule has 0 radical (unpaired) electrons. The van der Waals surface area contributed by atoms with Gasteiger partial charge in [0.15, 0.2) is 12.4 Å². The molecule has 1 aliphatic rings. The average molecular weight is 284 g/mol. The van der Waals surface area contributed by atoms with Gasteiger partial charge in [-0.15, -0.1) is 0 Å². The number of rotatable bonds is 3. The summed E-state index contributed by atoms with van der Waals surface area (Å²) >= 11 is 0. The van der Waals surface area contributed by atoms with Gasteiger partial charge in [-0.25, -0.2) is 4.79 Å². The SMILES string of the molecule is O=C(OC1[C@H](O)OC(CO)[C@H](O)[C@@H]1O)c1ccccc1. The van der Waals surface area contributed by atoms with Crippen LogP contribution in [0, 0.1) is 0 Å². The highest BCUT2D eigenvalue weighted by molar-refractivity contribution is 5.89. The lowest BCUT2D eigenvalue weighted by Gasteiger charge is -2.39. The first-order chi connectivity index (χ1) is 9.54. The average Bonchev–Trinajstić information content (AvgIpc) is 2.48. The van der Waals surface area contributed by atoms with Crippen molar-refractivity contribution in [2.75, 3.05) is 6.61 Å². The molecule has 110 valence electrons. The minimum atomic E-state index is -1.63. The third-order valence-corrected chi connectivity index (χ3v) is 3.10. The van der Waals surface area contributed by atoms with Crippen molar-refractivity contribution in [1.82, 2.24) is 0 Å². The van der Waals surface area contributed by atoms with Gasteiger partial charge in [-0.05, 0) is 12.1 Å². The Bertz CT molecular complexity index is 449. The van der Waals surface area contributed by atoms with Crippen LogP contribution in [0.4, 0.5) is 0 Å². The van der Waals surface area contributed by atoms with Crippen molar-refractivity contribution in [3.63, 3.8) is 0 Å². The summed E-state index contributed by atoms with van der Waals surface area (Å²) in [5, 5.41) is 38.1. The number of carbonyl (C=O) groups excluding carboxylic acids is 1. The molecule has 1 heterocycles. The van der Waals surface area contributed by atoms with E-state index in [-0.39, 0.29) is 5.56 Å². The minimum Gasteiger partial charge on any atom is -0.450 e. The molecule has 1 aromatic carbocycles. The Kier molecular flexibility index (Phi) is 4.69. The Morgan fingerprint density at radius 1 is 1.15 bits per heavy atom. The quantitative estimate of drug-likeness (QED) is 0.507. The van der Waals surface area contributed by atoms with Crippen LogP contribution in [0.1, 0.15) is 10.4 Å². The highest BCUT2D eigenvalue weighted by Gasteiger charge is 2.45. The molecule has 2 unspecified atom stereocenters. The van der Waals surface area contributed by atoms with Gasteiger partial charge in [0.2, 0.25) is 0 Å². The van der Waals surface area contributed by atoms with Crippen LogP contribution in [0.5, 0.6) is 0 Å². The van der Waals surface area contributed by atoms with Gasteiger partial charge in [-0.3, -0.25) is 0 Å². The van der Waals surface area contributed by atoms with Gasteiger partial charge in [0.25, 0.3) is 0 Å². The third kappa shape index (κ3) is 2.97.